The highest BCUT2D eigenvalue weighted by Gasteiger charge is 2.13. The van der Waals surface area contributed by atoms with Crippen LogP contribution in [0.3, 0.4) is 0 Å². The monoisotopic (exact) mass is 328 g/mol. The van der Waals surface area contributed by atoms with Gasteiger partial charge in [0, 0.05) is 23.6 Å². The van der Waals surface area contributed by atoms with Gasteiger partial charge in [-0.2, -0.15) is 0 Å². The fourth-order valence-corrected chi connectivity index (χ4v) is 2.60. The maximum Gasteiger partial charge on any atom is 0.233 e. The summed E-state index contributed by atoms with van der Waals surface area (Å²) in [6.07, 6.45) is 0.963. The number of aromatic hydroxyl groups is 1. The molecule has 4 nitrogen and oxygen atoms in total. The zero-order valence-corrected chi connectivity index (χ0v) is 13.2. The van der Waals surface area contributed by atoms with Crippen LogP contribution in [0.5, 0.6) is 5.75 Å². The quantitative estimate of drug-likeness (QED) is 0.843. The molecule has 1 amide bonds. The van der Waals surface area contributed by atoms with E-state index in [0.717, 1.165) is 28.6 Å². The maximum atomic E-state index is 11.5. The second-order valence-corrected chi connectivity index (χ2v) is 5.53. The molecule has 106 valence electrons. The van der Waals surface area contributed by atoms with Crippen molar-refractivity contribution in [2.45, 2.75) is 26.8 Å². The number of carbonyl (C=O) groups is 1. The van der Waals surface area contributed by atoms with Crippen molar-refractivity contribution in [1.29, 1.82) is 0 Å². The Bertz CT molecular complexity index is 449. The Morgan fingerprint density at radius 3 is 2.74 bits per heavy atom. The van der Waals surface area contributed by atoms with E-state index in [1.807, 2.05) is 24.0 Å². The third-order valence-corrected chi connectivity index (χ3v) is 3.38. The molecule has 0 aliphatic heterocycles. The molecule has 19 heavy (non-hydrogen) atoms. The van der Waals surface area contributed by atoms with Crippen LogP contribution in [0.25, 0.3) is 0 Å². The lowest BCUT2D eigenvalue weighted by molar-refractivity contribution is -0.121. The molecule has 0 aromatic heterocycles. The van der Waals surface area contributed by atoms with E-state index in [-0.39, 0.29) is 5.91 Å². The molecule has 1 aromatic rings. The van der Waals surface area contributed by atoms with Gasteiger partial charge in [-0.25, -0.2) is 0 Å². The summed E-state index contributed by atoms with van der Waals surface area (Å²) in [6, 6.07) is 3.77. The summed E-state index contributed by atoms with van der Waals surface area (Å²) in [7, 11) is 1.63. The molecule has 0 fully saturated rings. The highest BCUT2D eigenvalue weighted by Crippen LogP contribution is 2.27. The molecule has 0 bridgehead atoms. The van der Waals surface area contributed by atoms with E-state index in [0.29, 0.717) is 18.8 Å². The molecule has 0 atom stereocenters. The van der Waals surface area contributed by atoms with Gasteiger partial charge in [-0.1, -0.05) is 22.9 Å². The minimum atomic E-state index is -0.0142. The van der Waals surface area contributed by atoms with Crippen LogP contribution in [0.1, 0.15) is 24.5 Å². The van der Waals surface area contributed by atoms with Crippen molar-refractivity contribution >= 4 is 21.8 Å². The number of hydrogen-bond acceptors (Lipinski definition) is 3. The summed E-state index contributed by atoms with van der Waals surface area (Å²) in [6.45, 7) is 5.66. The van der Waals surface area contributed by atoms with Gasteiger partial charge in [0.25, 0.3) is 0 Å². The zero-order valence-electron chi connectivity index (χ0n) is 11.7. The van der Waals surface area contributed by atoms with Crippen LogP contribution >= 0.6 is 15.9 Å². The lowest BCUT2D eigenvalue weighted by Gasteiger charge is -2.21. The molecule has 1 aromatic carbocycles. The first kappa shape index (κ1) is 16.0. The predicted octanol–water partition coefficient (Wildman–Crippen LogP) is 2.42. The van der Waals surface area contributed by atoms with Crippen LogP contribution in [0.4, 0.5) is 0 Å². The fourth-order valence-electron chi connectivity index (χ4n) is 1.98. The highest BCUT2D eigenvalue weighted by atomic mass is 79.9. The van der Waals surface area contributed by atoms with Crippen LogP contribution in [-0.2, 0) is 11.3 Å². The molecular formula is C14H21BrN2O2. The second kappa shape index (κ2) is 7.50. The summed E-state index contributed by atoms with van der Waals surface area (Å²) >= 11 is 3.43. The number of halogens is 1. The van der Waals surface area contributed by atoms with Gasteiger partial charge in [0.2, 0.25) is 5.91 Å². The lowest BCUT2D eigenvalue weighted by atomic mass is 10.1. The number of nitrogens with zero attached hydrogens (tertiary/aromatic N) is 1. The molecule has 0 radical (unpaired) electrons. The lowest BCUT2D eigenvalue weighted by Crippen LogP contribution is -2.35. The summed E-state index contributed by atoms with van der Waals surface area (Å²) in [5, 5.41) is 12.7. The number of amides is 1. The SMILES string of the molecule is CCCN(CC(=O)NC)Cc1cc(Br)cc(C)c1O. The Kier molecular flexibility index (Phi) is 6.31. The fraction of sp³-hybridized carbons (Fsp3) is 0.500. The van der Waals surface area contributed by atoms with Gasteiger partial charge in [0.05, 0.1) is 6.54 Å². The van der Waals surface area contributed by atoms with Gasteiger partial charge >= 0.3 is 0 Å². The minimum absolute atomic E-state index is 0.0142. The van der Waals surface area contributed by atoms with E-state index in [1.54, 1.807) is 7.05 Å². The maximum absolute atomic E-state index is 11.5. The van der Waals surface area contributed by atoms with Crippen molar-refractivity contribution in [2.75, 3.05) is 20.1 Å². The normalized spacial score (nSPS) is 10.8. The average molecular weight is 329 g/mol. The van der Waals surface area contributed by atoms with Crippen molar-refractivity contribution in [1.82, 2.24) is 10.2 Å². The van der Waals surface area contributed by atoms with Crippen molar-refractivity contribution < 1.29 is 9.90 Å². The first-order valence-corrected chi connectivity index (χ1v) is 7.18. The van der Waals surface area contributed by atoms with Crippen LogP contribution < -0.4 is 5.32 Å². The largest absolute Gasteiger partial charge is 0.507 e. The molecule has 0 heterocycles. The molecule has 1 rings (SSSR count). The first-order chi connectivity index (χ1) is 8.97. The van der Waals surface area contributed by atoms with E-state index in [9.17, 15) is 9.90 Å². The highest BCUT2D eigenvalue weighted by molar-refractivity contribution is 9.10. The van der Waals surface area contributed by atoms with Gasteiger partial charge < -0.3 is 10.4 Å². The van der Waals surface area contributed by atoms with E-state index in [2.05, 4.69) is 28.2 Å². The van der Waals surface area contributed by atoms with Crippen LogP contribution in [0.2, 0.25) is 0 Å². The Morgan fingerprint density at radius 2 is 2.16 bits per heavy atom. The van der Waals surface area contributed by atoms with Gasteiger partial charge in [-0.15, -0.1) is 0 Å². The number of phenols is 1. The third-order valence-electron chi connectivity index (χ3n) is 2.92. The Balaban J connectivity index is 2.86. The van der Waals surface area contributed by atoms with E-state index >= 15 is 0 Å². The predicted molar refractivity (Wildman–Crippen MR) is 80.2 cm³/mol. The number of carbonyl (C=O) groups excluding carboxylic acids is 1. The van der Waals surface area contributed by atoms with Gasteiger partial charge in [0.1, 0.15) is 5.75 Å². The molecule has 0 unspecified atom stereocenters. The van der Waals surface area contributed by atoms with Crippen LogP contribution in [0, 0.1) is 6.92 Å². The first-order valence-electron chi connectivity index (χ1n) is 6.38. The van der Waals surface area contributed by atoms with E-state index < -0.39 is 0 Å². The van der Waals surface area contributed by atoms with Gasteiger partial charge in [-0.05, 0) is 37.6 Å². The molecule has 0 saturated heterocycles. The van der Waals surface area contributed by atoms with Gasteiger partial charge in [-0.3, -0.25) is 9.69 Å². The number of benzene rings is 1. The molecular weight excluding hydrogens is 308 g/mol. The smallest absolute Gasteiger partial charge is 0.233 e. The van der Waals surface area contributed by atoms with Crippen LogP contribution in [0.15, 0.2) is 16.6 Å². The van der Waals surface area contributed by atoms with Crippen molar-refractivity contribution in [3.8, 4) is 5.75 Å². The Hall–Kier alpha value is -1.07. The molecule has 2 N–H and O–H groups in total. The number of hydrogen-bond donors (Lipinski definition) is 2. The zero-order chi connectivity index (χ0) is 14.4. The number of aryl methyl sites for hydroxylation is 1. The molecule has 0 aliphatic rings. The summed E-state index contributed by atoms with van der Waals surface area (Å²) in [5.41, 5.74) is 1.67. The summed E-state index contributed by atoms with van der Waals surface area (Å²) in [4.78, 5) is 13.5. The second-order valence-electron chi connectivity index (χ2n) is 4.61. The molecule has 0 aliphatic carbocycles. The van der Waals surface area contributed by atoms with Crippen LogP contribution in [-0.4, -0.2) is 36.1 Å². The van der Waals surface area contributed by atoms with E-state index in [1.165, 1.54) is 0 Å². The molecule has 0 saturated carbocycles. The minimum Gasteiger partial charge on any atom is -0.507 e. The number of rotatable bonds is 6. The average Bonchev–Trinajstić information content (AvgIpc) is 2.35. The Morgan fingerprint density at radius 1 is 1.47 bits per heavy atom. The number of phenolic OH excluding ortho intramolecular Hbond substituents is 1. The third kappa shape index (κ3) is 4.84. The topological polar surface area (TPSA) is 52.6 Å². The Labute approximate surface area is 122 Å². The van der Waals surface area contributed by atoms with Crippen molar-refractivity contribution in [3.05, 3.63) is 27.7 Å². The number of likely N-dealkylation sites (N-methyl/N-ethyl adjacent to an activating group) is 1. The van der Waals surface area contributed by atoms with Gasteiger partial charge in [0.15, 0.2) is 0 Å². The van der Waals surface area contributed by atoms with E-state index in [4.69, 9.17) is 0 Å². The summed E-state index contributed by atoms with van der Waals surface area (Å²) in [5.74, 6) is 0.292. The van der Waals surface area contributed by atoms with Crippen molar-refractivity contribution in [2.24, 2.45) is 0 Å². The van der Waals surface area contributed by atoms with Crippen molar-refractivity contribution in [3.63, 3.8) is 0 Å². The number of nitrogens with one attached hydrogen (secondary N) is 1. The molecule has 0 spiro atoms. The standard InChI is InChI=1S/C14H21BrN2O2/c1-4-5-17(9-13(18)16-3)8-11-7-12(15)6-10(2)14(11)19/h6-7,19H,4-5,8-9H2,1-3H3,(H,16,18). The molecule has 5 heteroatoms. The summed E-state index contributed by atoms with van der Waals surface area (Å²) < 4.78 is 0.939.